The van der Waals surface area contributed by atoms with Crippen molar-refractivity contribution in [2.24, 2.45) is 5.73 Å². The van der Waals surface area contributed by atoms with Gasteiger partial charge in [0.15, 0.2) is 0 Å². The number of nitrogens with two attached hydrogens (primary N) is 1. The topological polar surface area (TPSA) is 85.3 Å². The minimum atomic E-state index is -1.20. The second-order valence-electron chi connectivity index (χ2n) is 2.87. The van der Waals surface area contributed by atoms with Gasteiger partial charge in [-0.25, -0.2) is 4.79 Å². The molecule has 1 heterocycles. The molecule has 1 rings (SSSR count). The first-order chi connectivity index (χ1) is 6.66. The highest BCUT2D eigenvalue weighted by Crippen LogP contribution is 1.93. The fourth-order valence-corrected chi connectivity index (χ4v) is 1.14. The molecule has 0 aliphatic rings. The van der Waals surface area contributed by atoms with Crippen LogP contribution in [0.25, 0.3) is 0 Å². The highest BCUT2D eigenvalue weighted by Gasteiger charge is 2.09. The predicted molar refractivity (Wildman–Crippen MR) is 51.3 cm³/mol. The monoisotopic (exact) mass is 196 g/mol. The molecule has 0 amide bonds. The van der Waals surface area contributed by atoms with Gasteiger partial charge >= 0.3 is 5.97 Å². The second kappa shape index (κ2) is 4.57. The fraction of sp³-hybridized carbons (Fsp3) is 0.333. The largest absolute Gasteiger partial charge is 0.477 e. The van der Waals surface area contributed by atoms with Crippen molar-refractivity contribution in [3.05, 3.63) is 34.2 Å². The molecular weight excluding hydrogens is 184 g/mol. The van der Waals surface area contributed by atoms with E-state index in [4.69, 9.17) is 10.8 Å². The molecule has 5 heteroatoms. The molecule has 3 N–H and O–H groups in total. The average molecular weight is 196 g/mol. The van der Waals surface area contributed by atoms with Crippen LogP contribution in [-0.4, -0.2) is 22.2 Å². The van der Waals surface area contributed by atoms with Gasteiger partial charge in [-0.2, -0.15) is 0 Å². The number of rotatable bonds is 4. The van der Waals surface area contributed by atoms with Crippen molar-refractivity contribution in [1.29, 1.82) is 0 Å². The number of hydrogen-bond donors (Lipinski definition) is 2. The van der Waals surface area contributed by atoms with Gasteiger partial charge in [-0.05, 0) is 25.1 Å². The van der Waals surface area contributed by atoms with Crippen molar-refractivity contribution in [3.8, 4) is 0 Å². The summed E-state index contributed by atoms with van der Waals surface area (Å²) < 4.78 is 1.36. The Hall–Kier alpha value is -1.62. The number of hydrogen-bond acceptors (Lipinski definition) is 3. The third kappa shape index (κ3) is 2.20. The molecule has 0 aliphatic heterocycles. The number of aromatic carboxylic acids is 1. The molecule has 0 radical (unpaired) electrons. The van der Waals surface area contributed by atoms with Crippen LogP contribution >= 0.6 is 0 Å². The molecule has 1 aromatic heterocycles. The Labute approximate surface area is 80.8 Å². The van der Waals surface area contributed by atoms with Crippen molar-refractivity contribution in [3.63, 3.8) is 0 Å². The molecule has 0 atom stereocenters. The highest BCUT2D eigenvalue weighted by atomic mass is 16.4. The molecule has 0 saturated heterocycles. The van der Waals surface area contributed by atoms with Crippen LogP contribution in [0.1, 0.15) is 16.8 Å². The van der Waals surface area contributed by atoms with Crippen LogP contribution in [0.5, 0.6) is 0 Å². The van der Waals surface area contributed by atoms with E-state index in [9.17, 15) is 9.59 Å². The van der Waals surface area contributed by atoms with Crippen molar-refractivity contribution in [2.45, 2.75) is 13.0 Å². The zero-order valence-electron chi connectivity index (χ0n) is 7.64. The molecule has 0 saturated carbocycles. The van der Waals surface area contributed by atoms with Gasteiger partial charge in [-0.15, -0.1) is 0 Å². The Morgan fingerprint density at radius 2 is 2.29 bits per heavy atom. The van der Waals surface area contributed by atoms with E-state index < -0.39 is 11.5 Å². The number of nitrogens with zero attached hydrogens (tertiary/aromatic N) is 1. The van der Waals surface area contributed by atoms with Gasteiger partial charge in [0, 0.05) is 12.7 Å². The molecule has 0 bridgehead atoms. The SMILES string of the molecule is NCCCn1cccc(C(=O)O)c1=O. The number of pyridine rings is 1. The predicted octanol–water partition coefficient (Wildman–Crippen LogP) is -0.105. The van der Waals surface area contributed by atoms with Gasteiger partial charge in [-0.1, -0.05) is 0 Å². The maximum Gasteiger partial charge on any atom is 0.341 e. The second-order valence-corrected chi connectivity index (χ2v) is 2.87. The summed E-state index contributed by atoms with van der Waals surface area (Å²) in [6.45, 7) is 0.931. The fourth-order valence-electron chi connectivity index (χ4n) is 1.14. The van der Waals surface area contributed by atoms with Crippen LogP contribution in [0, 0.1) is 0 Å². The lowest BCUT2D eigenvalue weighted by Gasteiger charge is -2.04. The Kier molecular flexibility index (Phi) is 3.41. The number of carboxylic acid groups (broad SMARTS) is 1. The number of carbonyl (C=O) groups is 1. The first kappa shape index (κ1) is 10.5. The zero-order chi connectivity index (χ0) is 10.6. The van der Waals surface area contributed by atoms with Crippen molar-refractivity contribution < 1.29 is 9.90 Å². The summed E-state index contributed by atoms with van der Waals surface area (Å²) in [5.74, 6) is -1.20. The average Bonchev–Trinajstić information content (AvgIpc) is 2.16. The molecule has 0 aliphatic carbocycles. The van der Waals surface area contributed by atoms with Crippen molar-refractivity contribution in [2.75, 3.05) is 6.54 Å². The van der Waals surface area contributed by atoms with Gasteiger partial charge in [0.25, 0.3) is 5.56 Å². The van der Waals surface area contributed by atoms with E-state index in [-0.39, 0.29) is 5.56 Å². The zero-order valence-corrected chi connectivity index (χ0v) is 7.64. The highest BCUT2D eigenvalue weighted by molar-refractivity contribution is 5.86. The Morgan fingerprint density at radius 1 is 1.57 bits per heavy atom. The number of aromatic nitrogens is 1. The molecule has 0 aromatic carbocycles. The first-order valence-corrected chi connectivity index (χ1v) is 4.29. The van der Waals surface area contributed by atoms with Crippen LogP contribution in [0.3, 0.4) is 0 Å². The summed E-state index contributed by atoms with van der Waals surface area (Å²) in [6, 6.07) is 2.84. The van der Waals surface area contributed by atoms with Gasteiger partial charge in [0.2, 0.25) is 0 Å². The summed E-state index contributed by atoms with van der Waals surface area (Å²) in [4.78, 5) is 22.1. The van der Waals surface area contributed by atoms with Crippen LogP contribution in [0.15, 0.2) is 23.1 Å². The van der Waals surface area contributed by atoms with Crippen LogP contribution in [-0.2, 0) is 6.54 Å². The van der Waals surface area contributed by atoms with E-state index in [0.717, 1.165) is 0 Å². The normalized spacial score (nSPS) is 10.1. The molecule has 0 unspecified atom stereocenters. The smallest absolute Gasteiger partial charge is 0.341 e. The third-order valence-corrected chi connectivity index (χ3v) is 1.85. The lowest BCUT2D eigenvalue weighted by atomic mass is 10.3. The van der Waals surface area contributed by atoms with Crippen molar-refractivity contribution >= 4 is 5.97 Å². The van der Waals surface area contributed by atoms with E-state index in [1.54, 1.807) is 12.3 Å². The third-order valence-electron chi connectivity index (χ3n) is 1.85. The Morgan fingerprint density at radius 3 is 2.86 bits per heavy atom. The molecule has 0 fully saturated rings. The lowest BCUT2D eigenvalue weighted by molar-refractivity contribution is 0.0694. The summed E-state index contributed by atoms with van der Waals surface area (Å²) in [6.07, 6.45) is 2.22. The molecular formula is C9H12N2O3. The van der Waals surface area contributed by atoms with Crippen LogP contribution in [0.4, 0.5) is 0 Å². The summed E-state index contributed by atoms with van der Waals surface area (Å²) >= 11 is 0. The summed E-state index contributed by atoms with van der Waals surface area (Å²) in [5.41, 5.74) is 4.61. The maximum absolute atomic E-state index is 11.5. The minimum absolute atomic E-state index is 0.204. The first-order valence-electron chi connectivity index (χ1n) is 4.29. The lowest BCUT2D eigenvalue weighted by Crippen LogP contribution is -2.26. The molecule has 14 heavy (non-hydrogen) atoms. The van der Waals surface area contributed by atoms with E-state index in [0.29, 0.717) is 19.5 Å². The minimum Gasteiger partial charge on any atom is -0.477 e. The van der Waals surface area contributed by atoms with Crippen molar-refractivity contribution in [1.82, 2.24) is 4.57 Å². The Bertz CT molecular complexity index is 384. The maximum atomic E-state index is 11.5. The summed E-state index contributed by atoms with van der Waals surface area (Å²) in [7, 11) is 0. The Balaban J connectivity index is 3.02. The molecule has 1 aromatic rings. The van der Waals surface area contributed by atoms with Gasteiger partial charge in [0.1, 0.15) is 5.56 Å². The van der Waals surface area contributed by atoms with Gasteiger partial charge in [-0.3, -0.25) is 4.79 Å². The van der Waals surface area contributed by atoms with Gasteiger partial charge in [0.05, 0.1) is 0 Å². The molecule has 76 valence electrons. The summed E-state index contributed by atoms with van der Waals surface area (Å²) in [5, 5.41) is 8.68. The van der Waals surface area contributed by atoms with Gasteiger partial charge < -0.3 is 15.4 Å². The molecule has 5 nitrogen and oxygen atoms in total. The standard InChI is InChI=1S/C9H12N2O3/c10-4-2-6-11-5-1-3-7(8(11)12)9(13)14/h1,3,5H,2,4,6,10H2,(H,13,14). The number of aryl methyl sites for hydroxylation is 1. The number of carboxylic acids is 1. The van der Waals surface area contributed by atoms with E-state index >= 15 is 0 Å². The van der Waals surface area contributed by atoms with E-state index in [2.05, 4.69) is 0 Å². The van der Waals surface area contributed by atoms with Crippen LogP contribution in [0.2, 0.25) is 0 Å². The van der Waals surface area contributed by atoms with Crippen LogP contribution < -0.4 is 11.3 Å². The molecule has 0 spiro atoms. The quantitative estimate of drug-likeness (QED) is 0.703. The van der Waals surface area contributed by atoms with E-state index in [1.807, 2.05) is 0 Å². The van der Waals surface area contributed by atoms with E-state index in [1.165, 1.54) is 10.6 Å².